The van der Waals surface area contributed by atoms with Crippen LogP contribution < -0.4 is 4.74 Å². The third-order valence-corrected chi connectivity index (χ3v) is 4.63. The Balaban J connectivity index is 1.69. The lowest BCUT2D eigenvalue weighted by Gasteiger charge is -2.40. The number of aliphatic hydroxyl groups is 1. The van der Waals surface area contributed by atoms with Crippen LogP contribution in [0.15, 0.2) is 24.3 Å². The van der Waals surface area contributed by atoms with Crippen LogP contribution in [0.25, 0.3) is 0 Å². The van der Waals surface area contributed by atoms with Crippen molar-refractivity contribution in [3.05, 3.63) is 29.8 Å². The summed E-state index contributed by atoms with van der Waals surface area (Å²) >= 11 is 0. The third-order valence-electron chi connectivity index (χ3n) is 4.63. The third kappa shape index (κ3) is 6.33. The minimum Gasteiger partial charge on any atom is -0.494 e. The molecule has 0 bridgehead atoms. The molecule has 2 rings (SSSR count). The van der Waals surface area contributed by atoms with E-state index in [1.54, 1.807) is 4.90 Å². The molecule has 0 aliphatic carbocycles. The maximum atomic E-state index is 12.2. The Hall–Kier alpha value is -1.59. The minimum atomic E-state index is 0.0994. The molecule has 0 radical (unpaired) electrons. The van der Waals surface area contributed by atoms with E-state index in [1.165, 1.54) is 5.56 Å². The molecule has 1 heterocycles. The number of amides is 1. The lowest BCUT2D eigenvalue weighted by Crippen LogP contribution is -2.53. The number of likely N-dealkylation sites (tertiary alicyclic amines) is 1. The quantitative estimate of drug-likeness (QED) is 0.705. The van der Waals surface area contributed by atoms with Crippen molar-refractivity contribution in [1.29, 1.82) is 0 Å². The lowest BCUT2D eigenvalue weighted by atomic mass is 9.97. The zero-order valence-corrected chi connectivity index (χ0v) is 15.8. The van der Waals surface area contributed by atoms with E-state index in [4.69, 9.17) is 9.84 Å². The molecule has 1 aliphatic rings. The summed E-state index contributed by atoms with van der Waals surface area (Å²) in [5.41, 5.74) is 1.25. The van der Waals surface area contributed by atoms with Crippen molar-refractivity contribution in [2.24, 2.45) is 11.8 Å². The zero-order chi connectivity index (χ0) is 18.2. The SMILES string of the molecule is CC(C)CCOc1ccc(CN2CC(C(=O)N(C)CCCO)C2)cc1. The predicted octanol–water partition coefficient (Wildman–Crippen LogP) is 2.38. The monoisotopic (exact) mass is 348 g/mol. The van der Waals surface area contributed by atoms with Gasteiger partial charge in [0, 0.05) is 39.8 Å². The van der Waals surface area contributed by atoms with Gasteiger partial charge in [-0.1, -0.05) is 26.0 Å². The molecule has 0 unspecified atom stereocenters. The van der Waals surface area contributed by atoms with Crippen LogP contribution in [-0.4, -0.2) is 60.7 Å². The number of hydrogen-bond acceptors (Lipinski definition) is 4. The van der Waals surface area contributed by atoms with Crippen molar-refractivity contribution >= 4 is 5.91 Å². The highest BCUT2D eigenvalue weighted by molar-refractivity contribution is 5.79. The van der Waals surface area contributed by atoms with E-state index >= 15 is 0 Å². The van der Waals surface area contributed by atoms with Gasteiger partial charge in [0.05, 0.1) is 12.5 Å². The number of hydrogen-bond donors (Lipinski definition) is 1. The molecule has 1 saturated heterocycles. The summed E-state index contributed by atoms with van der Waals surface area (Å²) in [4.78, 5) is 16.2. The topological polar surface area (TPSA) is 53.0 Å². The molecule has 1 amide bonds. The number of ether oxygens (including phenoxy) is 1. The summed E-state index contributed by atoms with van der Waals surface area (Å²) in [6.45, 7) is 8.41. The van der Waals surface area contributed by atoms with Gasteiger partial charge in [-0.25, -0.2) is 0 Å². The molecule has 1 aromatic carbocycles. The van der Waals surface area contributed by atoms with Crippen molar-refractivity contribution < 1.29 is 14.6 Å². The molecule has 0 aromatic heterocycles. The van der Waals surface area contributed by atoms with Gasteiger partial charge in [-0.3, -0.25) is 9.69 Å². The highest BCUT2D eigenvalue weighted by Crippen LogP contribution is 2.22. The first-order valence-electron chi connectivity index (χ1n) is 9.29. The number of benzene rings is 1. The Labute approximate surface area is 151 Å². The maximum absolute atomic E-state index is 12.2. The van der Waals surface area contributed by atoms with Gasteiger partial charge >= 0.3 is 0 Å². The fourth-order valence-electron chi connectivity index (χ4n) is 2.95. The van der Waals surface area contributed by atoms with Crippen molar-refractivity contribution in [2.45, 2.75) is 33.2 Å². The van der Waals surface area contributed by atoms with Gasteiger partial charge in [-0.05, 0) is 36.5 Å². The Morgan fingerprint density at radius 2 is 2.00 bits per heavy atom. The van der Waals surface area contributed by atoms with E-state index in [9.17, 15) is 4.79 Å². The summed E-state index contributed by atoms with van der Waals surface area (Å²) in [5, 5.41) is 8.85. The fourth-order valence-corrected chi connectivity index (χ4v) is 2.95. The molecule has 1 aliphatic heterocycles. The number of carbonyl (C=O) groups excluding carboxylic acids is 1. The number of carbonyl (C=O) groups is 1. The molecule has 1 N–H and O–H groups in total. The second-order valence-electron chi connectivity index (χ2n) is 7.40. The van der Waals surface area contributed by atoms with E-state index in [-0.39, 0.29) is 18.4 Å². The van der Waals surface area contributed by atoms with Crippen LogP contribution in [0.3, 0.4) is 0 Å². The van der Waals surface area contributed by atoms with Crippen molar-refractivity contribution in [1.82, 2.24) is 9.80 Å². The summed E-state index contributed by atoms with van der Waals surface area (Å²) < 4.78 is 5.74. The minimum absolute atomic E-state index is 0.0994. The second kappa shape index (κ2) is 9.78. The van der Waals surface area contributed by atoms with Gasteiger partial charge in [0.2, 0.25) is 5.91 Å². The normalized spacial score (nSPS) is 15.2. The van der Waals surface area contributed by atoms with Crippen molar-refractivity contribution in [2.75, 3.05) is 39.9 Å². The summed E-state index contributed by atoms with van der Waals surface area (Å²) in [6, 6.07) is 8.27. The van der Waals surface area contributed by atoms with E-state index in [2.05, 4.69) is 30.9 Å². The maximum Gasteiger partial charge on any atom is 0.228 e. The molecule has 0 saturated carbocycles. The Kier molecular flexibility index (Phi) is 7.72. The number of rotatable bonds is 10. The first-order valence-corrected chi connectivity index (χ1v) is 9.29. The van der Waals surface area contributed by atoms with Crippen LogP contribution >= 0.6 is 0 Å². The van der Waals surface area contributed by atoms with Gasteiger partial charge in [-0.15, -0.1) is 0 Å². The van der Waals surface area contributed by atoms with Gasteiger partial charge < -0.3 is 14.7 Å². The Morgan fingerprint density at radius 3 is 2.60 bits per heavy atom. The average Bonchev–Trinajstić information content (AvgIpc) is 2.56. The molecular formula is C20H32N2O3. The van der Waals surface area contributed by atoms with Crippen LogP contribution in [0.4, 0.5) is 0 Å². The highest BCUT2D eigenvalue weighted by Gasteiger charge is 2.33. The van der Waals surface area contributed by atoms with Crippen LogP contribution in [0.2, 0.25) is 0 Å². The van der Waals surface area contributed by atoms with Crippen LogP contribution in [0, 0.1) is 11.8 Å². The standard InChI is InChI=1S/C20H32N2O3/c1-16(2)9-12-25-19-7-5-17(6-8-19)13-22-14-18(15-22)20(24)21(3)10-4-11-23/h5-8,16,18,23H,4,9-15H2,1-3H3. The molecule has 0 atom stereocenters. The smallest absolute Gasteiger partial charge is 0.228 e. The van der Waals surface area contributed by atoms with E-state index < -0.39 is 0 Å². The fraction of sp³-hybridized carbons (Fsp3) is 0.650. The second-order valence-corrected chi connectivity index (χ2v) is 7.40. The molecule has 140 valence electrons. The lowest BCUT2D eigenvalue weighted by molar-refractivity contribution is -0.140. The summed E-state index contributed by atoms with van der Waals surface area (Å²) in [6.07, 6.45) is 1.71. The van der Waals surface area contributed by atoms with Gasteiger partial charge in [0.15, 0.2) is 0 Å². The number of aliphatic hydroxyl groups excluding tert-OH is 1. The first kappa shape index (κ1) is 19.7. The first-order chi connectivity index (χ1) is 12.0. The molecule has 0 spiro atoms. The molecule has 1 aromatic rings. The predicted molar refractivity (Wildman–Crippen MR) is 99.5 cm³/mol. The number of nitrogens with zero attached hydrogens (tertiary/aromatic N) is 2. The van der Waals surface area contributed by atoms with Crippen LogP contribution in [0.5, 0.6) is 5.75 Å². The highest BCUT2D eigenvalue weighted by atomic mass is 16.5. The van der Waals surface area contributed by atoms with Crippen LogP contribution in [-0.2, 0) is 11.3 Å². The van der Waals surface area contributed by atoms with Gasteiger partial charge in [0.1, 0.15) is 5.75 Å². The van der Waals surface area contributed by atoms with Crippen LogP contribution in [0.1, 0.15) is 32.3 Å². The average molecular weight is 348 g/mol. The molecule has 5 heteroatoms. The summed E-state index contributed by atoms with van der Waals surface area (Å²) in [7, 11) is 1.82. The molecule has 1 fully saturated rings. The largest absolute Gasteiger partial charge is 0.494 e. The van der Waals surface area contributed by atoms with E-state index in [0.717, 1.165) is 38.4 Å². The van der Waals surface area contributed by atoms with E-state index in [1.807, 2.05) is 19.2 Å². The summed E-state index contributed by atoms with van der Waals surface area (Å²) in [5.74, 6) is 1.87. The molecule has 5 nitrogen and oxygen atoms in total. The van der Waals surface area contributed by atoms with E-state index in [0.29, 0.717) is 18.9 Å². The molecule has 25 heavy (non-hydrogen) atoms. The van der Waals surface area contributed by atoms with Gasteiger partial charge in [-0.2, -0.15) is 0 Å². The Bertz CT molecular complexity index is 524. The zero-order valence-electron chi connectivity index (χ0n) is 15.8. The van der Waals surface area contributed by atoms with Gasteiger partial charge in [0.25, 0.3) is 0 Å². The van der Waals surface area contributed by atoms with Crippen molar-refractivity contribution in [3.63, 3.8) is 0 Å². The van der Waals surface area contributed by atoms with Crippen molar-refractivity contribution in [3.8, 4) is 5.75 Å². The molecular weight excluding hydrogens is 316 g/mol. The Morgan fingerprint density at radius 1 is 1.32 bits per heavy atom.